The average Bonchev–Trinajstić information content (AvgIpc) is 2.94. The van der Waals surface area contributed by atoms with Gasteiger partial charge in [-0.25, -0.2) is 0 Å². The van der Waals surface area contributed by atoms with Gasteiger partial charge in [0, 0.05) is 24.7 Å². The van der Waals surface area contributed by atoms with Gasteiger partial charge in [0.25, 0.3) is 0 Å². The molecule has 0 spiro atoms. The van der Waals surface area contributed by atoms with Crippen LogP contribution in [0, 0.1) is 5.92 Å². The molecule has 0 bridgehead atoms. The van der Waals surface area contributed by atoms with E-state index in [4.69, 9.17) is 0 Å². The molecule has 2 nitrogen and oxygen atoms in total. The summed E-state index contributed by atoms with van der Waals surface area (Å²) in [6, 6.07) is 2.55. The fourth-order valence-electron chi connectivity index (χ4n) is 4.12. The van der Waals surface area contributed by atoms with Crippen LogP contribution < -0.4 is 5.32 Å². The summed E-state index contributed by atoms with van der Waals surface area (Å²) < 4.78 is 0. The predicted octanol–water partition coefficient (Wildman–Crippen LogP) is 3.17. The summed E-state index contributed by atoms with van der Waals surface area (Å²) in [6.07, 6.45) is 13.2. The van der Waals surface area contributed by atoms with E-state index in [9.17, 15) is 0 Å². The molecule has 2 saturated carbocycles. The van der Waals surface area contributed by atoms with Crippen LogP contribution in [0.5, 0.6) is 0 Å². The monoisotopic (exact) mass is 250 g/mol. The van der Waals surface area contributed by atoms with Crippen LogP contribution in [-0.4, -0.2) is 36.1 Å². The van der Waals surface area contributed by atoms with E-state index in [1.165, 1.54) is 70.9 Å². The smallest absolute Gasteiger partial charge is 0.0210 e. The third kappa shape index (κ3) is 3.27. The van der Waals surface area contributed by atoms with Crippen LogP contribution in [0.2, 0.25) is 0 Å². The minimum absolute atomic E-state index is 0.782. The first-order chi connectivity index (χ1) is 8.83. The maximum atomic E-state index is 3.81. The van der Waals surface area contributed by atoms with Gasteiger partial charge in [0.15, 0.2) is 0 Å². The van der Waals surface area contributed by atoms with E-state index in [1.54, 1.807) is 0 Å². The van der Waals surface area contributed by atoms with Crippen molar-refractivity contribution < 1.29 is 0 Å². The van der Waals surface area contributed by atoms with Gasteiger partial charge in [-0.3, -0.25) is 4.90 Å². The minimum Gasteiger partial charge on any atom is -0.313 e. The summed E-state index contributed by atoms with van der Waals surface area (Å²) >= 11 is 0. The molecule has 2 unspecified atom stereocenters. The third-order valence-electron chi connectivity index (χ3n) is 5.34. The molecular weight excluding hydrogens is 220 g/mol. The Bertz CT molecular complexity index is 256. The Morgan fingerprint density at radius 3 is 2.61 bits per heavy atom. The molecule has 3 aliphatic rings. The highest BCUT2D eigenvalue weighted by Crippen LogP contribution is 2.33. The Hall–Kier alpha value is -0.0800. The zero-order valence-corrected chi connectivity index (χ0v) is 12.0. The molecule has 0 aromatic heterocycles. The number of nitrogens with one attached hydrogen (secondary N) is 1. The molecule has 1 heterocycles. The van der Waals surface area contributed by atoms with Gasteiger partial charge in [-0.2, -0.15) is 0 Å². The minimum atomic E-state index is 0.782. The molecule has 2 aliphatic carbocycles. The molecule has 1 N–H and O–H groups in total. The molecular formula is C16H30N2. The van der Waals surface area contributed by atoms with Crippen LogP contribution in [-0.2, 0) is 0 Å². The highest BCUT2D eigenvalue weighted by atomic mass is 15.3. The Morgan fingerprint density at radius 2 is 1.89 bits per heavy atom. The Labute approximate surface area is 113 Å². The van der Waals surface area contributed by atoms with Gasteiger partial charge in [-0.05, 0) is 51.5 Å². The van der Waals surface area contributed by atoms with Crippen LogP contribution in [0.1, 0.15) is 64.7 Å². The van der Waals surface area contributed by atoms with E-state index in [-0.39, 0.29) is 0 Å². The maximum absolute atomic E-state index is 3.81. The van der Waals surface area contributed by atoms with Crippen molar-refractivity contribution in [2.75, 3.05) is 13.1 Å². The van der Waals surface area contributed by atoms with Crippen molar-refractivity contribution in [2.24, 2.45) is 5.92 Å². The molecule has 2 heteroatoms. The highest BCUT2D eigenvalue weighted by Gasteiger charge is 2.38. The lowest BCUT2D eigenvalue weighted by Gasteiger charge is -2.19. The quantitative estimate of drug-likeness (QED) is 0.728. The van der Waals surface area contributed by atoms with Gasteiger partial charge in [0.1, 0.15) is 0 Å². The van der Waals surface area contributed by atoms with Gasteiger partial charge in [-0.1, -0.05) is 25.7 Å². The molecule has 1 aliphatic heterocycles. The second-order valence-corrected chi connectivity index (χ2v) is 6.96. The molecule has 1 saturated heterocycles. The third-order valence-corrected chi connectivity index (χ3v) is 5.34. The summed E-state index contributed by atoms with van der Waals surface area (Å²) in [5, 5.41) is 3.81. The van der Waals surface area contributed by atoms with Gasteiger partial charge in [0.05, 0.1) is 0 Å². The van der Waals surface area contributed by atoms with Crippen molar-refractivity contribution in [3.05, 3.63) is 0 Å². The number of nitrogens with zero attached hydrogens (tertiary/aromatic N) is 1. The average molecular weight is 250 g/mol. The summed E-state index contributed by atoms with van der Waals surface area (Å²) in [4.78, 5) is 2.74. The Balaban J connectivity index is 1.29. The molecule has 3 fully saturated rings. The van der Waals surface area contributed by atoms with E-state index in [1.807, 2.05) is 0 Å². The van der Waals surface area contributed by atoms with Gasteiger partial charge < -0.3 is 5.32 Å². The molecule has 2 atom stereocenters. The van der Waals surface area contributed by atoms with Crippen molar-refractivity contribution in [3.63, 3.8) is 0 Å². The highest BCUT2D eigenvalue weighted by molar-refractivity contribution is 4.95. The summed E-state index contributed by atoms with van der Waals surface area (Å²) in [5.74, 6) is 1.07. The predicted molar refractivity (Wildman–Crippen MR) is 76.8 cm³/mol. The van der Waals surface area contributed by atoms with Crippen LogP contribution in [0.3, 0.4) is 0 Å². The molecule has 3 rings (SSSR count). The Kier molecular flexibility index (Phi) is 4.25. The molecule has 0 aromatic carbocycles. The van der Waals surface area contributed by atoms with Crippen molar-refractivity contribution in [3.8, 4) is 0 Å². The van der Waals surface area contributed by atoms with Gasteiger partial charge in [-0.15, -0.1) is 0 Å². The van der Waals surface area contributed by atoms with E-state index in [2.05, 4.69) is 17.1 Å². The zero-order valence-electron chi connectivity index (χ0n) is 12.0. The standard InChI is InChI=1S/C16H30N2/c1-13-11-15(12-18(13)16-8-9-16)17-10-4-7-14-5-2-3-6-14/h13-17H,2-12H2,1H3. The Morgan fingerprint density at radius 1 is 1.11 bits per heavy atom. The first kappa shape index (κ1) is 12.9. The summed E-state index contributed by atoms with van der Waals surface area (Å²) in [6.45, 7) is 4.99. The summed E-state index contributed by atoms with van der Waals surface area (Å²) in [5.41, 5.74) is 0. The van der Waals surface area contributed by atoms with E-state index in [0.29, 0.717) is 0 Å². The number of likely N-dealkylation sites (tertiary alicyclic amines) is 1. The van der Waals surface area contributed by atoms with Crippen LogP contribution in [0.15, 0.2) is 0 Å². The SMILES string of the molecule is CC1CC(NCCCC2CCCC2)CN1C1CC1. The lowest BCUT2D eigenvalue weighted by atomic mass is 10.0. The molecule has 104 valence electrons. The summed E-state index contributed by atoms with van der Waals surface area (Å²) in [7, 11) is 0. The largest absolute Gasteiger partial charge is 0.313 e. The maximum Gasteiger partial charge on any atom is 0.0210 e. The van der Waals surface area contributed by atoms with Crippen LogP contribution in [0.4, 0.5) is 0 Å². The number of hydrogen-bond acceptors (Lipinski definition) is 2. The van der Waals surface area contributed by atoms with E-state index < -0.39 is 0 Å². The first-order valence-corrected chi connectivity index (χ1v) is 8.32. The number of rotatable bonds is 6. The normalized spacial score (nSPS) is 34.5. The second kappa shape index (κ2) is 5.92. The molecule has 0 amide bonds. The zero-order chi connectivity index (χ0) is 12.4. The van der Waals surface area contributed by atoms with Crippen LogP contribution in [0.25, 0.3) is 0 Å². The number of hydrogen-bond donors (Lipinski definition) is 1. The fraction of sp³-hybridized carbons (Fsp3) is 1.00. The lowest BCUT2D eigenvalue weighted by Crippen LogP contribution is -2.34. The fourth-order valence-corrected chi connectivity index (χ4v) is 4.12. The van der Waals surface area contributed by atoms with E-state index in [0.717, 1.165) is 24.0 Å². The first-order valence-electron chi connectivity index (χ1n) is 8.32. The second-order valence-electron chi connectivity index (χ2n) is 6.96. The lowest BCUT2D eigenvalue weighted by molar-refractivity contribution is 0.255. The van der Waals surface area contributed by atoms with Gasteiger partial charge >= 0.3 is 0 Å². The topological polar surface area (TPSA) is 15.3 Å². The van der Waals surface area contributed by atoms with E-state index >= 15 is 0 Å². The molecule has 18 heavy (non-hydrogen) atoms. The van der Waals surface area contributed by atoms with Crippen molar-refractivity contribution >= 4 is 0 Å². The molecule has 0 radical (unpaired) electrons. The van der Waals surface area contributed by atoms with Crippen LogP contribution >= 0.6 is 0 Å². The van der Waals surface area contributed by atoms with Crippen molar-refractivity contribution in [1.82, 2.24) is 10.2 Å². The molecule has 0 aromatic rings. The van der Waals surface area contributed by atoms with Crippen molar-refractivity contribution in [2.45, 2.75) is 82.8 Å². The van der Waals surface area contributed by atoms with Crippen molar-refractivity contribution in [1.29, 1.82) is 0 Å². The van der Waals surface area contributed by atoms with Gasteiger partial charge in [0.2, 0.25) is 0 Å².